The first-order chi connectivity index (χ1) is 28.2. The van der Waals surface area contributed by atoms with Crippen molar-refractivity contribution in [2.75, 3.05) is 0 Å². The number of hydrogen-bond donors (Lipinski definition) is 0. The average Bonchev–Trinajstić information content (AvgIpc) is 3.98. The largest absolute Gasteiger partial charge is 0.456 e. The Morgan fingerprint density at radius 2 is 0.807 bits per heavy atom. The molecule has 6 nitrogen and oxygen atoms in total. The van der Waals surface area contributed by atoms with Crippen molar-refractivity contribution >= 4 is 65.8 Å². The van der Waals surface area contributed by atoms with Gasteiger partial charge in [0.15, 0.2) is 17.5 Å². The summed E-state index contributed by atoms with van der Waals surface area (Å²) in [5.74, 6) is 1.77. The van der Waals surface area contributed by atoms with Crippen LogP contribution in [0.2, 0.25) is 0 Å². The monoisotopic (exact) mass is 731 g/mol. The van der Waals surface area contributed by atoms with Crippen LogP contribution < -0.4 is 0 Å². The molecule has 4 heterocycles. The van der Waals surface area contributed by atoms with Crippen LogP contribution in [0, 0.1) is 0 Å². The van der Waals surface area contributed by atoms with Crippen molar-refractivity contribution < 1.29 is 13.3 Å². The van der Waals surface area contributed by atoms with E-state index in [4.69, 9.17) is 28.2 Å². The quantitative estimate of drug-likeness (QED) is 0.175. The SMILES string of the molecule is c1ccc(-c2nc(-c3ccc(-c4ccc(-c5ccc6oc7ccccc7c6c5)c5c4oc4ccccc45)cc3)nc(-c3cccc4oc5ccccc5c34)n2)cc1. The molecule has 0 N–H and O–H groups in total. The number of benzene rings is 8. The number of hydrogen-bond acceptors (Lipinski definition) is 6. The lowest BCUT2D eigenvalue weighted by molar-refractivity contribution is 0.668. The van der Waals surface area contributed by atoms with Crippen molar-refractivity contribution in [3.05, 3.63) is 176 Å². The van der Waals surface area contributed by atoms with E-state index in [1.807, 2.05) is 84.9 Å². The predicted molar refractivity (Wildman–Crippen MR) is 229 cm³/mol. The van der Waals surface area contributed by atoms with Crippen LogP contribution >= 0.6 is 0 Å². The number of furan rings is 3. The van der Waals surface area contributed by atoms with Crippen molar-refractivity contribution in [1.29, 1.82) is 0 Å². The molecule has 0 atom stereocenters. The molecule has 0 fully saturated rings. The van der Waals surface area contributed by atoms with Gasteiger partial charge in [-0.05, 0) is 59.2 Å². The van der Waals surface area contributed by atoms with Crippen LogP contribution in [-0.2, 0) is 0 Å². The van der Waals surface area contributed by atoms with Gasteiger partial charge in [0.05, 0.1) is 0 Å². The standard InChI is InChI=1S/C51H29N3O3/c1-2-11-31(12-3-1)49-52-50(54-51(53-49)39-16-10-20-45-46(39)37-14-5-8-18-42(37)56-45)32-23-21-30(22-24-32)35-27-26-34(47-38-15-6-9-19-43(38)57-48(35)47)33-25-28-44-40(29-33)36-13-4-7-17-41(36)55-44/h1-29H. The second-order valence-electron chi connectivity index (χ2n) is 14.3. The number of fused-ring (bicyclic) bond motifs is 9. The second kappa shape index (κ2) is 12.3. The van der Waals surface area contributed by atoms with E-state index in [1.54, 1.807) is 0 Å². The molecule has 12 aromatic rings. The normalized spacial score (nSPS) is 11.9. The highest BCUT2D eigenvalue weighted by molar-refractivity contribution is 6.17. The van der Waals surface area contributed by atoms with Crippen molar-refractivity contribution in [3.63, 3.8) is 0 Å². The van der Waals surface area contributed by atoms with Crippen LogP contribution in [0.15, 0.2) is 189 Å². The summed E-state index contributed by atoms with van der Waals surface area (Å²) < 4.78 is 19.1. The Kier molecular flexibility index (Phi) is 6.83. The summed E-state index contributed by atoms with van der Waals surface area (Å²) in [5.41, 5.74) is 12.0. The van der Waals surface area contributed by atoms with Gasteiger partial charge >= 0.3 is 0 Å². The third-order valence-electron chi connectivity index (χ3n) is 11.0. The minimum atomic E-state index is 0.585. The molecule has 8 aromatic carbocycles. The van der Waals surface area contributed by atoms with E-state index in [-0.39, 0.29) is 0 Å². The highest BCUT2D eigenvalue weighted by Gasteiger charge is 2.20. The van der Waals surface area contributed by atoms with Crippen LogP contribution in [0.5, 0.6) is 0 Å². The summed E-state index contributed by atoms with van der Waals surface area (Å²) >= 11 is 0. The summed E-state index contributed by atoms with van der Waals surface area (Å²) in [5, 5.41) is 6.35. The molecule has 266 valence electrons. The molecule has 0 aliphatic carbocycles. The van der Waals surface area contributed by atoms with Crippen LogP contribution in [0.1, 0.15) is 0 Å². The Morgan fingerprint density at radius 3 is 1.58 bits per heavy atom. The Bertz CT molecular complexity index is 3520. The Balaban J connectivity index is 0.996. The topological polar surface area (TPSA) is 78.1 Å². The summed E-state index contributed by atoms with van der Waals surface area (Å²) in [7, 11) is 0. The molecule has 0 aliphatic rings. The van der Waals surface area contributed by atoms with Crippen LogP contribution in [0.3, 0.4) is 0 Å². The molecule has 0 saturated carbocycles. The van der Waals surface area contributed by atoms with E-state index in [9.17, 15) is 0 Å². The van der Waals surface area contributed by atoms with Crippen LogP contribution in [0.25, 0.3) is 122 Å². The van der Waals surface area contributed by atoms with Gasteiger partial charge in [-0.2, -0.15) is 0 Å². The maximum Gasteiger partial charge on any atom is 0.164 e. The fourth-order valence-electron chi connectivity index (χ4n) is 8.29. The van der Waals surface area contributed by atoms with E-state index in [0.717, 1.165) is 105 Å². The Morgan fingerprint density at radius 1 is 0.281 bits per heavy atom. The molecule has 0 spiro atoms. The predicted octanol–water partition coefficient (Wildman–Crippen LogP) is 13.9. The fourth-order valence-corrected chi connectivity index (χ4v) is 8.29. The van der Waals surface area contributed by atoms with E-state index in [2.05, 4.69) is 91.0 Å². The van der Waals surface area contributed by atoms with Crippen molar-refractivity contribution in [2.24, 2.45) is 0 Å². The van der Waals surface area contributed by atoms with Gasteiger partial charge in [-0.1, -0.05) is 133 Å². The van der Waals surface area contributed by atoms with E-state index >= 15 is 0 Å². The van der Waals surface area contributed by atoms with Crippen LogP contribution in [0.4, 0.5) is 0 Å². The smallest absolute Gasteiger partial charge is 0.164 e. The molecule has 0 saturated heterocycles. The maximum atomic E-state index is 6.69. The highest BCUT2D eigenvalue weighted by Crippen LogP contribution is 2.43. The van der Waals surface area contributed by atoms with Crippen molar-refractivity contribution in [3.8, 4) is 56.4 Å². The molecular weight excluding hydrogens is 703 g/mol. The maximum absolute atomic E-state index is 6.69. The number of para-hydroxylation sites is 3. The van der Waals surface area contributed by atoms with Gasteiger partial charge in [-0.15, -0.1) is 0 Å². The lowest BCUT2D eigenvalue weighted by Gasteiger charge is -2.11. The zero-order chi connectivity index (χ0) is 37.5. The molecule has 0 aliphatic heterocycles. The number of aromatic nitrogens is 3. The first kappa shape index (κ1) is 31.5. The van der Waals surface area contributed by atoms with Gasteiger partial charge in [0, 0.05) is 54.6 Å². The molecule has 0 amide bonds. The highest BCUT2D eigenvalue weighted by atomic mass is 16.3. The Hall–Kier alpha value is -7.83. The van der Waals surface area contributed by atoms with Gasteiger partial charge < -0.3 is 13.3 Å². The molecule has 6 heteroatoms. The number of nitrogens with zero attached hydrogens (tertiary/aromatic N) is 3. The summed E-state index contributed by atoms with van der Waals surface area (Å²) in [6, 6.07) is 59.8. The number of rotatable bonds is 5. The summed E-state index contributed by atoms with van der Waals surface area (Å²) in [6.07, 6.45) is 0. The van der Waals surface area contributed by atoms with Crippen molar-refractivity contribution in [1.82, 2.24) is 15.0 Å². The van der Waals surface area contributed by atoms with Crippen molar-refractivity contribution in [2.45, 2.75) is 0 Å². The molecule has 0 unspecified atom stereocenters. The minimum Gasteiger partial charge on any atom is -0.456 e. The van der Waals surface area contributed by atoms with E-state index in [0.29, 0.717) is 17.5 Å². The third-order valence-corrected chi connectivity index (χ3v) is 11.0. The van der Waals surface area contributed by atoms with E-state index in [1.165, 1.54) is 0 Å². The van der Waals surface area contributed by atoms with Gasteiger partial charge in [-0.25, -0.2) is 15.0 Å². The third kappa shape index (κ3) is 5.01. The fraction of sp³-hybridized carbons (Fsp3) is 0. The lowest BCUT2D eigenvalue weighted by atomic mass is 9.93. The molecule has 57 heavy (non-hydrogen) atoms. The first-order valence-corrected chi connectivity index (χ1v) is 18.9. The molecule has 12 rings (SSSR count). The summed E-state index contributed by atoms with van der Waals surface area (Å²) in [6.45, 7) is 0. The second-order valence-corrected chi connectivity index (χ2v) is 14.3. The van der Waals surface area contributed by atoms with Gasteiger partial charge in [0.1, 0.15) is 33.5 Å². The molecule has 0 radical (unpaired) electrons. The minimum absolute atomic E-state index is 0.585. The first-order valence-electron chi connectivity index (χ1n) is 18.9. The van der Waals surface area contributed by atoms with Gasteiger partial charge in [-0.3, -0.25) is 0 Å². The Labute approximate surface area is 325 Å². The zero-order valence-electron chi connectivity index (χ0n) is 30.3. The van der Waals surface area contributed by atoms with Gasteiger partial charge in [0.25, 0.3) is 0 Å². The van der Waals surface area contributed by atoms with Gasteiger partial charge in [0.2, 0.25) is 0 Å². The molecule has 0 bridgehead atoms. The average molecular weight is 732 g/mol. The van der Waals surface area contributed by atoms with E-state index < -0.39 is 0 Å². The zero-order valence-corrected chi connectivity index (χ0v) is 30.3. The van der Waals surface area contributed by atoms with Crippen LogP contribution in [-0.4, -0.2) is 15.0 Å². The molecular formula is C51H29N3O3. The molecule has 4 aromatic heterocycles. The lowest BCUT2D eigenvalue weighted by Crippen LogP contribution is -2.00. The summed E-state index contributed by atoms with van der Waals surface area (Å²) in [4.78, 5) is 15.2.